The third kappa shape index (κ3) is 4.09. The van der Waals surface area contributed by atoms with Crippen molar-refractivity contribution in [1.29, 1.82) is 0 Å². The van der Waals surface area contributed by atoms with Gasteiger partial charge in [-0.15, -0.1) is 0 Å². The summed E-state index contributed by atoms with van der Waals surface area (Å²) in [6.07, 6.45) is 2.12. The van der Waals surface area contributed by atoms with Crippen LogP contribution in [0.15, 0.2) is 24.3 Å². The van der Waals surface area contributed by atoms with Crippen molar-refractivity contribution < 1.29 is 9.59 Å². The Morgan fingerprint density at radius 3 is 2.58 bits per heavy atom. The zero-order chi connectivity index (χ0) is 13.8. The van der Waals surface area contributed by atoms with E-state index in [9.17, 15) is 9.59 Å². The fraction of sp³-hybridized carbons (Fsp3) is 0.467. The average molecular weight is 260 g/mol. The third-order valence-corrected chi connectivity index (χ3v) is 3.34. The van der Waals surface area contributed by atoms with Crippen molar-refractivity contribution >= 4 is 11.8 Å². The van der Waals surface area contributed by atoms with Gasteiger partial charge in [-0.3, -0.25) is 9.59 Å². The maximum atomic E-state index is 11.8. The Morgan fingerprint density at radius 2 is 2.00 bits per heavy atom. The molecule has 19 heavy (non-hydrogen) atoms. The van der Waals surface area contributed by atoms with Crippen LogP contribution in [0.25, 0.3) is 0 Å². The van der Waals surface area contributed by atoms with Crippen molar-refractivity contribution in [3.8, 4) is 0 Å². The van der Waals surface area contributed by atoms with Crippen LogP contribution in [0.2, 0.25) is 0 Å². The van der Waals surface area contributed by atoms with Gasteiger partial charge in [-0.25, -0.2) is 0 Å². The summed E-state index contributed by atoms with van der Waals surface area (Å²) >= 11 is 0. The van der Waals surface area contributed by atoms with Gasteiger partial charge in [0.1, 0.15) is 0 Å². The molecule has 1 aromatic carbocycles. The molecule has 4 nitrogen and oxygen atoms in total. The molecular formula is C15H20N2O2. The Morgan fingerprint density at radius 1 is 1.32 bits per heavy atom. The van der Waals surface area contributed by atoms with E-state index in [0.717, 1.165) is 24.0 Å². The quantitative estimate of drug-likeness (QED) is 0.874. The van der Waals surface area contributed by atoms with E-state index in [4.69, 9.17) is 0 Å². The summed E-state index contributed by atoms with van der Waals surface area (Å²) in [5.41, 5.74) is 2.22. The maximum absolute atomic E-state index is 11.8. The minimum atomic E-state index is -0.0748. The van der Waals surface area contributed by atoms with E-state index in [2.05, 4.69) is 5.32 Å². The standard InChI is InChI=1S/C15H20N2O2/c1-11-5-3-4-6-13(11)9-17(12(2)18)10-15(19)16-14-7-8-14/h3-6,14H,7-10H2,1-2H3,(H,16,19). The molecule has 102 valence electrons. The number of aryl methyl sites for hydroxylation is 1. The van der Waals surface area contributed by atoms with E-state index in [-0.39, 0.29) is 18.4 Å². The number of benzene rings is 1. The highest BCUT2D eigenvalue weighted by Crippen LogP contribution is 2.18. The number of amides is 2. The van der Waals surface area contributed by atoms with Crippen LogP contribution in [-0.2, 0) is 16.1 Å². The number of nitrogens with one attached hydrogen (secondary N) is 1. The van der Waals surface area contributed by atoms with Crippen molar-refractivity contribution in [1.82, 2.24) is 10.2 Å². The Kier molecular flexibility index (Phi) is 4.20. The SMILES string of the molecule is CC(=O)N(CC(=O)NC1CC1)Cc1ccccc1C. The molecule has 1 aliphatic carbocycles. The van der Waals surface area contributed by atoms with E-state index < -0.39 is 0 Å². The van der Waals surface area contributed by atoms with Gasteiger partial charge in [0.25, 0.3) is 0 Å². The smallest absolute Gasteiger partial charge is 0.239 e. The lowest BCUT2D eigenvalue weighted by Gasteiger charge is -2.21. The predicted octanol–water partition coefficient (Wildman–Crippen LogP) is 1.62. The van der Waals surface area contributed by atoms with Crippen molar-refractivity contribution in [3.05, 3.63) is 35.4 Å². The van der Waals surface area contributed by atoms with Crippen LogP contribution in [0.1, 0.15) is 30.9 Å². The third-order valence-electron chi connectivity index (χ3n) is 3.34. The monoisotopic (exact) mass is 260 g/mol. The molecule has 1 N–H and O–H groups in total. The van der Waals surface area contributed by atoms with Crippen LogP contribution in [-0.4, -0.2) is 29.3 Å². The molecule has 0 saturated heterocycles. The van der Waals surface area contributed by atoms with Gasteiger partial charge in [0.05, 0.1) is 6.54 Å². The molecule has 1 saturated carbocycles. The first-order chi connectivity index (χ1) is 9.06. The molecule has 1 fully saturated rings. The van der Waals surface area contributed by atoms with Crippen molar-refractivity contribution in [2.45, 2.75) is 39.3 Å². The second kappa shape index (κ2) is 5.87. The Hall–Kier alpha value is -1.84. The molecule has 0 spiro atoms. The summed E-state index contributed by atoms with van der Waals surface area (Å²) in [6.45, 7) is 4.14. The molecule has 0 radical (unpaired) electrons. The van der Waals surface area contributed by atoms with Crippen LogP contribution >= 0.6 is 0 Å². The minimum Gasteiger partial charge on any atom is -0.352 e. The molecule has 1 aliphatic rings. The number of hydrogen-bond acceptors (Lipinski definition) is 2. The van der Waals surface area contributed by atoms with E-state index >= 15 is 0 Å². The van der Waals surface area contributed by atoms with Crippen LogP contribution in [0, 0.1) is 6.92 Å². The number of hydrogen-bond donors (Lipinski definition) is 1. The van der Waals surface area contributed by atoms with E-state index in [1.54, 1.807) is 4.90 Å². The van der Waals surface area contributed by atoms with Gasteiger partial charge in [0.2, 0.25) is 11.8 Å². The first kappa shape index (κ1) is 13.6. The summed E-state index contributed by atoms with van der Waals surface area (Å²) < 4.78 is 0. The zero-order valence-electron chi connectivity index (χ0n) is 11.5. The highest BCUT2D eigenvalue weighted by Gasteiger charge is 2.24. The van der Waals surface area contributed by atoms with Crippen LogP contribution in [0.3, 0.4) is 0 Å². The highest BCUT2D eigenvalue weighted by atomic mass is 16.2. The fourth-order valence-corrected chi connectivity index (χ4v) is 1.95. The van der Waals surface area contributed by atoms with E-state index in [1.165, 1.54) is 6.92 Å². The van der Waals surface area contributed by atoms with Gasteiger partial charge in [0.15, 0.2) is 0 Å². The highest BCUT2D eigenvalue weighted by molar-refractivity contribution is 5.84. The molecule has 0 heterocycles. The summed E-state index contributed by atoms with van der Waals surface area (Å²) in [4.78, 5) is 25.0. The molecule has 0 atom stereocenters. The Balaban J connectivity index is 1.97. The maximum Gasteiger partial charge on any atom is 0.239 e. The summed E-state index contributed by atoms with van der Waals surface area (Å²) in [6, 6.07) is 8.25. The fourth-order valence-electron chi connectivity index (χ4n) is 1.95. The largest absolute Gasteiger partial charge is 0.352 e. The Bertz CT molecular complexity index is 481. The van der Waals surface area contributed by atoms with Crippen molar-refractivity contribution in [2.75, 3.05) is 6.54 Å². The zero-order valence-corrected chi connectivity index (χ0v) is 11.5. The molecular weight excluding hydrogens is 240 g/mol. The molecule has 4 heteroatoms. The van der Waals surface area contributed by atoms with Gasteiger partial charge < -0.3 is 10.2 Å². The lowest BCUT2D eigenvalue weighted by atomic mass is 10.1. The van der Waals surface area contributed by atoms with E-state index in [1.807, 2.05) is 31.2 Å². The molecule has 0 aromatic heterocycles. The molecule has 2 rings (SSSR count). The molecule has 0 bridgehead atoms. The predicted molar refractivity (Wildman–Crippen MR) is 73.4 cm³/mol. The van der Waals surface area contributed by atoms with Gasteiger partial charge in [0, 0.05) is 19.5 Å². The molecule has 0 aliphatic heterocycles. The van der Waals surface area contributed by atoms with Gasteiger partial charge in [-0.05, 0) is 30.9 Å². The van der Waals surface area contributed by atoms with Crippen molar-refractivity contribution in [2.24, 2.45) is 0 Å². The average Bonchev–Trinajstić information content (AvgIpc) is 3.14. The second-order valence-electron chi connectivity index (χ2n) is 5.14. The van der Waals surface area contributed by atoms with Gasteiger partial charge in [-0.2, -0.15) is 0 Å². The minimum absolute atomic E-state index is 0.0636. The lowest BCUT2D eigenvalue weighted by molar-refractivity contribution is -0.135. The lowest BCUT2D eigenvalue weighted by Crippen LogP contribution is -2.40. The number of carbonyl (C=O) groups excluding carboxylic acids is 2. The normalized spacial score (nSPS) is 14.0. The Labute approximate surface area is 113 Å². The number of rotatable bonds is 5. The second-order valence-corrected chi connectivity index (χ2v) is 5.14. The summed E-state index contributed by atoms with van der Waals surface area (Å²) in [5.74, 6) is -0.138. The summed E-state index contributed by atoms with van der Waals surface area (Å²) in [5, 5.41) is 2.91. The molecule has 2 amide bonds. The van der Waals surface area contributed by atoms with E-state index in [0.29, 0.717) is 12.6 Å². The van der Waals surface area contributed by atoms with Crippen molar-refractivity contribution in [3.63, 3.8) is 0 Å². The topological polar surface area (TPSA) is 49.4 Å². The number of carbonyl (C=O) groups is 2. The van der Waals surface area contributed by atoms with Crippen LogP contribution < -0.4 is 5.32 Å². The van der Waals surface area contributed by atoms with Crippen LogP contribution in [0.4, 0.5) is 0 Å². The number of nitrogens with zero attached hydrogens (tertiary/aromatic N) is 1. The summed E-state index contributed by atoms with van der Waals surface area (Å²) in [7, 11) is 0. The molecule has 0 unspecified atom stereocenters. The first-order valence-electron chi connectivity index (χ1n) is 6.65. The first-order valence-corrected chi connectivity index (χ1v) is 6.65. The molecule has 1 aromatic rings. The van der Waals surface area contributed by atoms with Crippen LogP contribution in [0.5, 0.6) is 0 Å². The van der Waals surface area contributed by atoms with Gasteiger partial charge in [-0.1, -0.05) is 24.3 Å². The van der Waals surface area contributed by atoms with Gasteiger partial charge >= 0.3 is 0 Å².